The van der Waals surface area contributed by atoms with Gasteiger partial charge in [-0.3, -0.25) is 0 Å². The zero-order valence-corrected chi connectivity index (χ0v) is 12.2. The summed E-state index contributed by atoms with van der Waals surface area (Å²) in [5.41, 5.74) is 0. The summed E-state index contributed by atoms with van der Waals surface area (Å²) in [5, 5.41) is 1.54. The van der Waals surface area contributed by atoms with Crippen molar-refractivity contribution < 1.29 is 0 Å². The smallest absolute Gasteiger partial charge is 0.0326 e. The third-order valence-electron chi connectivity index (χ3n) is 3.04. The zero-order chi connectivity index (χ0) is 12.5. The SMILES string of the molecule is CCCC(C)CCC[C](C)Sc1ccccc1. The minimum atomic E-state index is 0.898. The van der Waals surface area contributed by atoms with E-state index in [0.717, 1.165) is 5.92 Å². The summed E-state index contributed by atoms with van der Waals surface area (Å²) in [6, 6.07) is 10.7. The fraction of sp³-hybridized carbons (Fsp3) is 0.562. The van der Waals surface area contributed by atoms with E-state index in [-0.39, 0.29) is 0 Å². The second-order valence-corrected chi connectivity index (χ2v) is 6.28. The standard InChI is InChI=1S/C16H25S/c1-4-9-14(2)10-8-11-15(3)17-16-12-6-5-7-13-16/h5-7,12-14H,4,8-11H2,1-3H3. The largest absolute Gasteiger partial charge is 0.118 e. The van der Waals surface area contributed by atoms with Crippen LogP contribution in [0.25, 0.3) is 0 Å². The monoisotopic (exact) mass is 249 g/mol. The Kier molecular flexibility index (Phi) is 7.43. The molecule has 0 saturated heterocycles. The van der Waals surface area contributed by atoms with Crippen LogP contribution in [0.5, 0.6) is 0 Å². The van der Waals surface area contributed by atoms with Gasteiger partial charge < -0.3 is 0 Å². The van der Waals surface area contributed by atoms with Crippen LogP contribution in [-0.2, 0) is 0 Å². The van der Waals surface area contributed by atoms with Gasteiger partial charge in [0, 0.05) is 10.1 Å². The third kappa shape index (κ3) is 6.78. The van der Waals surface area contributed by atoms with E-state index in [1.807, 2.05) is 11.8 Å². The van der Waals surface area contributed by atoms with Crippen LogP contribution >= 0.6 is 11.8 Å². The molecule has 95 valence electrons. The topological polar surface area (TPSA) is 0 Å². The van der Waals surface area contributed by atoms with Crippen molar-refractivity contribution in [2.45, 2.75) is 57.8 Å². The van der Waals surface area contributed by atoms with Crippen LogP contribution in [0.15, 0.2) is 35.2 Å². The van der Waals surface area contributed by atoms with Gasteiger partial charge in [0.15, 0.2) is 0 Å². The van der Waals surface area contributed by atoms with Gasteiger partial charge in [-0.05, 0) is 31.4 Å². The van der Waals surface area contributed by atoms with Crippen LogP contribution in [0.4, 0.5) is 0 Å². The number of rotatable bonds is 8. The summed E-state index contributed by atoms with van der Waals surface area (Å²) in [5.74, 6) is 0.898. The van der Waals surface area contributed by atoms with Crippen LogP contribution in [0.3, 0.4) is 0 Å². The minimum Gasteiger partial charge on any atom is -0.118 e. The Hall–Kier alpha value is -0.430. The maximum atomic E-state index is 2.38. The molecule has 0 aromatic heterocycles. The van der Waals surface area contributed by atoms with Gasteiger partial charge in [0.25, 0.3) is 0 Å². The Morgan fingerprint density at radius 1 is 1.18 bits per heavy atom. The average Bonchev–Trinajstić information content (AvgIpc) is 2.30. The first-order valence-electron chi connectivity index (χ1n) is 6.77. The fourth-order valence-electron chi connectivity index (χ4n) is 2.08. The summed E-state index contributed by atoms with van der Waals surface area (Å²) in [4.78, 5) is 1.37. The lowest BCUT2D eigenvalue weighted by Crippen LogP contribution is -1.95. The lowest BCUT2D eigenvalue weighted by molar-refractivity contribution is 0.467. The summed E-state index contributed by atoms with van der Waals surface area (Å²) >= 11 is 1.93. The molecule has 0 saturated carbocycles. The predicted octanol–water partition coefficient (Wildman–Crippen LogP) is 5.94. The Balaban J connectivity index is 2.15. The molecule has 0 spiro atoms. The fourth-order valence-corrected chi connectivity index (χ4v) is 3.02. The molecule has 1 atom stereocenters. The van der Waals surface area contributed by atoms with Crippen molar-refractivity contribution in [1.29, 1.82) is 0 Å². The highest BCUT2D eigenvalue weighted by molar-refractivity contribution is 8.02. The van der Waals surface area contributed by atoms with Crippen molar-refractivity contribution in [2.75, 3.05) is 0 Å². The maximum Gasteiger partial charge on any atom is 0.0326 e. The van der Waals surface area contributed by atoms with Gasteiger partial charge in [-0.2, -0.15) is 0 Å². The Labute approximate surface area is 111 Å². The lowest BCUT2D eigenvalue weighted by atomic mass is 9.99. The quantitative estimate of drug-likeness (QED) is 0.514. The van der Waals surface area contributed by atoms with Crippen molar-refractivity contribution in [3.8, 4) is 0 Å². The summed E-state index contributed by atoms with van der Waals surface area (Å²) < 4.78 is 0. The van der Waals surface area contributed by atoms with Crippen LogP contribution in [0, 0.1) is 11.2 Å². The lowest BCUT2D eigenvalue weighted by Gasteiger charge is -2.13. The van der Waals surface area contributed by atoms with Crippen molar-refractivity contribution in [3.05, 3.63) is 35.6 Å². The van der Waals surface area contributed by atoms with Crippen molar-refractivity contribution in [2.24, 2.45) is 5.92 Å². The normalized spacial score (nSPS) is 12.9. The molecule has 1 aromatic carbocycles. The van der Waals surface area contributed by atoms with Crippen LogP contribution in [0.2, 0.25) is 0 Å². The van der Waals surface area contributed by atoms with Crippen molar-refractivity contribution >= 4 is 11.8 Å². The molecule has 0 aliphatic rings. The van der Waals surface area contributed by atoms with Crippen molar-refractivity contribution in [1.82, 2.24) is 0 Å². The van der Waals surface area contributed by atoms with Gasteiger partial charge >= 0.3 is 0 Å². The van der Waals surface area contributed by atoms with Gasteiger partial charge in [0.05, 0.1) is 0 Å². The van der Waals surface area contributed by atoms with E-state index in [9.17, 15) is 0 Å². The van der Waals surface area contributed by atoms with E-state index >= 15 is 0 Å². The van der Waals surface area contributed by atoms with Gasteiger partial charge in [0.1, 0.15) is 0 Å². The maximum absolute atomic E-state index is 2.38. The van der Waals surface area contributed by atoms with E-state index in [1.54, 1.807) is 5.25 Å². The van der Waals surface area contributed by atoms with E-state index < -0.39 is 0 Å². The molecule has 1 aromatic rings. The number of hydrogen-bond donors (Lipinski definition) is 0. The molecule has 1 unspecified atom stereocenters. The molecule has 0 aliphatic heterocycles. The van der Waals surface area contributed by atoms with E-state index in [0.29, 0.717) is 0 Å². The average molecular weight is 249 g/mol. The molecule has 0 amide bonds. The minimum absolute atomic E-state index is 0.898. The van der Waals surface area contributed by atoms with Gasteiger partial charge in [-0.25, -0.2) is 0 Å². The molecule has 0 aliphatic carbocycles. The number of thioether (sulfide) groups is 1. The first-order valence-corrected chi connectivity index (χ1v) is 7.59. The molecule has 0 nitrogen and oxygen atoms in total. The molecule has 0 heterocycles. The van der Waals surface area contributed by atoms with Gasteiger partial charge in [-0.15, -0.1) is 11.8 Å². The van der Waals surface area contributed by atoms with Crippen LogP contribution in [-0.4, -0.2) is 0 Å². The molecule has 1 rings (SSSR count). The molecular formula is C16H25S. The molecule has 0 N–H and O–H groups in total. The first kappa shape index (κ1) is 14.6. The van der Waals surface area contributed by atoms with E-state index in [2.05, 4.69) is 51.1 Å². The van der Waals surface area contributed by atoms with Crippen LogP contribution < -0.4 is 0 Å². The molecule has 0 bridgehead atoms. The van der Waals surface area contributed by atoms with Crippen LogP contribution in [0.1, 0.15) is 52.9 Å². The van der Waals surface area contributed by atoms with Crippen molar-refractivity contribution in [3.63, 3.8) is 0 Å². The Morgan fingerprint density at radius 2 is 1.88 bits per heavy atom. The van der Waals surface area contributed by atoms with Gasteiger partial charge in [-0.1, -0.05) is 57.7 Å². The molecule has 0 fully saturated rings. The molecule has 1 radical (unpaired) electrons. The summed E-state index contributed by atoms with van der Waals surface area (Å²) in [6.45, 7) is 6.92. The molecule has 17 heavy (non-hydrogen) atoms. The second kappa shape index (κ2) is 8.63. The van der Waals surface area contributed by atoms with E-state index in [1.165, 1.54) is 37.0 Å². The third-order valence-corrected chi connectivity index (χ3v) is 4.10. The van der Waals surface area contributed by atoms with E-state index in [4.69, 9.17) is 0 Å². The zero-order valence-electron chi connectivity index (χ0n) is 11.4. The highest BCUT2D eigenvalue weighted by Gasteiger charge is 2.06. The first-order chi connectivity index (χ1) is 8.22. The number of hydrogen-bond acceptors (Lipinski definition) is 1. The molecular weight excluding hydrogens is 224 g/mol. The summed E-state index contributed by atoms with van der Waals surface area (Å²) in [6.07, 6.45) is 6.68. The highest BCUT2D eigenvalue weighted by atomic mass is 32.2. The summed E-state index contributed by atoms with van der Waals surface area (Å²) in [7, 11) is 0. The number of benzene rings is 1. The second-order valence-electron chi connectivity index (χ2n) is 4.90. The Bertz CT molecular complexity index is 281. The Morgan fingerprint density at radius 3 is 2.53 bits per heavy atom. The highest BCUT2D eigenvalue weighted by Crippen LogP contribution is 2.32. The molecule has 1 heteroatoms. The van der Waals surface area contributed by atoms with Gasteiger partial charge in [0.2, 0.25) is 0 Å². The predicted molar refractivity (Wildman–Crippen MR) is 79.1 cm³/mol.